The molecule has 0 aromatic carbocycles. The Labute approximate surface area is 143 Å². The second-order valence-electron chi connectivity index (χ2n) is 2.09. The maximum atomic E-state index is 11.2. The molecule has 0 heterocycles. The van der Waals surface area contributed by atoms with Gasteiger partial charge in [0.1, 0.15) is 0 Å². The van der Waals surface area contributed by atoms with E-state index in [9.17, 15) is 49.2 Å². The van der Waals surface area contributed by atoms with Crippen molar-refractivity contribution < 1.29 is 86.9 Å². The first-order valence-corrected chi connectivity index (χ1v) is 8.68. The van der Waals surface area contributed by atoms with Gasteiger partial charge in [0.2, 0.25) is 25.9 Å². The fraction of sp³-hybridized carbons (Fsp3) is 1.00. The van der Waals surface area contributed by atoms with Crippen molar-refractivity contribution in [2.75, 3.05) is 5.08 Å². The van der Waals surface area contributed by atoms with Gasteiger partial charge in [-0.1, -0.05) is 0 Å². The Hall–Kier alpha value is 0.635. The van der Waals surface area contributed by atoms with Crippen LogP contribution in [0.15, 0.2) is 0 Å². The minimum Gasteiger partial charge on any atom is -0.693 e. The summed E-state index contributed by atoms with van der Waals surface area (Å²) in [6.07, 6.45) is 0. The average Bonchev–Trinajstić information content (AvgIpc) is 1.64. The zero-order valence-corrected chi connectivity index (χ0v) is 13.4. The normalized spacial score (nSPS) is 11.6. The third-order valence-electron chi connectivity index (χ3n) is 0.460. The van der Waals surface area contributed by atoms with Gasteiger partial charge in [0.25, 0.3) is 0 Å². The minimum absolute atomic E-state index is 0. The van der Waals surface area contributed by atoms with E-state index in [1.54, 1.807) is 0 Å². The summed E-state index contributed by atoms with van der Waals surface area (Å²) in [5, 5.41) is -2.10. The molecule has 0 unspecified atom stereocenters. The SMILES string of the molecule is O=S(=O)(F)CS(=O)(=O)F.O=S(=O)(F)[N-]S(=O)(=O)F.[Li+].[Li+].[NH2-]. The van der Waals surface area contributed by atoms with Crippen molar-refractivity contribution in [3.05, 3.63) is 10.3 Å². The summed E-state index contributed by atoms with van der Waals surface area (Å²) in [5.74, 6) is 0. The van der Waals surface area contributed by atoms with Gasteiger partial charge in [-0.2, -0.15) is 16.8 Å². The van der Waals surface area contributed by atoms with Gasteiger partial charge >= 0.3 is 58.2 Å². The molecule has 0 fully saturated rings. The molecule has 0 rings (SSSR count). The minimum atomic E-state index is -5.62. The quantitative estimate of drug-likeness (QED) is 0.258. The molecule has 0 aliphatic heterocycles. The third kappa shape index (κ3) is 44.9. The van der Waals surface area contributed by atoms with Gasteiger partial charge in [-0.25, -0.2) is 16.8 Å². The Morgan fingerprint density at radius 3 is 0.810 bits per heavy atom. The van der Waals surface area contributed by atoms with Crippen LogP contribution in [0.1, 0.15) is 0 Å². The Morgan fingerprint density at radius 2 is 0.810 bits per heavy atom. The van der Waals surface area contributed by atoms with E-state index in [0.29, 0.717) is 0 Å². The van der Waals surface area contributed by atoms with E-state index < -0.39 is 46.3 Å². The molecule has 0 aliphatic rings. The van der Waals surface area contributed by atoms with Crippen molar-refractivity contribution in [2.24, 2.45) is 0 Å². The molecule has 10 nitrogen and oxygen atoms in total. The molecule has 0 saturated heterocycles. The van der Waals surface area contributed by atoms with Gasteiger partial charge < -0.3 is 10.3 Å². The molecular formula is CH4F4Li2N2O8S4. The van der Waals surface area contributed by atoms with E-state index >= 15 is 0 Å². The summed E-state index contributed by atoms with van der Waals surface area (Å²) in [5.41, 5.74) is 0. The topological polar surface area (TPSA) is 184 Å². The zero-order chi connectivity index (χ0) is 15.4. The van der Waals surface area contributed by atoms with E-state index in [4.69, 9.17) is 0 Å². The smallest absolute Gasteiger partial charge is 0.693 e. The molecule has 2 N–H and O–H groups in total. The Bertz CT molecular complexity index is 561. The van der Waals surface area contributed by atoms with Gasteiger partial charge in [0, 0.05) is 0 Å². The first kappa shape index (κ1) is 33.3. The standard InChI is InChI=1S/CH2F2O4S2.F2NO4S2.2Li.H2N/c2-8(4,5)1-9(3,6)7;1-8(4,5)3-9(2,6)7;;;/h1H2;;;;1H2/q;-1;2*+1;-1. The van der Waals surface area contributed by atoms with Crippen molar-refractivity contribution in [3.63, 3.8) is 0 Å². The van der Waals surface area contributed by atoms with Gasteiger partial charge in [0.05, 0.1) is 0 Å². The first-order valence-electron chi connectivity index (χ1n) is 2.89. The summed E-state index contributed by atoms with van der Waals surface area (Å²) < 4.78 is 120. The van der Waals surface area contributed by atoms with Crippen molar-refractivity contribution in [3.8, 4) is 0 Å². The number of hydrogen-bond acceptors (Lipinski definition) is 8. The summed E-state index contributed by atoms with van der Waals surface area (Å²) in [6.45, 7) is 0. The number of nitrogens with two attached hydrogens (primary N) is 1. The fourth-order valence-electron chi connectivity index (χ4n) is 0.274. The fourth-order valence-corrected chi connectivity index (χ4v) is 2.47. The van der Waals surface area contributed by atoms with E-state index in [1.807, 2.05) is 0 Å². The molecule has 0 bridgehead atoms. The molecule has 21 heavy (non-hydrogen) atoms. The van der Waals surface area contributed by atoms with Crippen LogP contribution in [0.5, 0.6) is 0 Å². The van der Waals surface area contributed by atoms with Crippen molar-refractivity contribution >= 4 is 41.3 Å². The van der Waals surface area contributed by atoms with Gasteiger partial charge in [-0.05, 0) is 0 Å². The van der Waals surface area contributed by atoms with E-state index in [2.05, 4.69) is 0 Å². The van der Waals surface area contributed by atoms with Crippen LogP contribution in [0.4, 0.5) is 15.5 Å². The molecule has 0 aromatic heterocycles. The maximum Gasteiger partial charge on any atom is 1.00 e. The average molecular weight is 390 g/mol. The molecule has 0 spiro atoms. The Kier molecular flexibility index (Phi) is 17.8. The van der Waals surface area contributed by atoms with Gasteiger partial charge in [0.15, 0.2) is 0 Å². The molecule has 0 radical (unpaired) electrons. The van der Waals surface area contributed by atoms with E-state index in [1.165, 1.54) is 0 Å². The van der Waals surface area contributed by atoms with Gasteiger partial charge in [-0.3, -0.25) is 0 Å². The van der Waals surface area contributed by atoms with Crippen LogP contribution >= 0.6 is 0 Å². The van der Waals surface area contributed by atoms with Crippen molar-refractivity contribution in [1.29, 1.82) is 0 Å². The second-order valence-corrected chi connectivity index (χ2v) is 7.44. The largest absolute Gasteiger partial charge is 1.00 e. The number of nitrogens with zero attached hydrogens (tertiary/aromatic N) is 1. The van der Waals surface area contributed by atoms with E-state index in [0.717, 1.165) is 4.13 Å². The summed E-state index contributed by atoms with van der Waals surface area (Å²) in [6, 6.07) is 0. The summed E-state index contributed by atoms with van der Waals surface area (Å²) >= 11 is 0. The second kappa shape index (κ2) is 11.2. The number of rotatable bonds is 4. The Balaban J connectivity index is -0.0000000711. The number of halogens is 4. The number of hydrogen-bond donors (Lipinski definition) is 0. The van der Waals surface area contributed by atoms with Crippen LogP contribution in [0, 0.1) is 0 Å². The third-order valence-corrected chi connectivity index (χ3v) is 4.14. The van der Waals surface area contributed by atoms with Crippen LogP contribution in [0.3, 0.4) is 0 Å². The van der Waals surface area contributed by atoms with Crippen LogP contribution in [0.2, 0.25) is 0 Å². The zero-order valence-electron chi connectivity index (χ0n) is 10.1. The van der Waals surface area contributed by atoms with Crippen LogP contribution in [-0.4, -0.2) is 38.8 Å². The van der Waals surface area contributed by atoms with Crippen LogP contribution in [0.25, 0.3) is 10.3 Å². The molecule has 0 aromatic rings. The van der Waals surface area contributed by atoms with Crippen molar-refractivity contribution in [1.82, 2.24) is 0 Å². The molecule has 20 heteroatoms. The molecule has 0 saturated carbocycles. The summed E-state index contributed by atoms with van der Waals surface area (Å²) in [7, 11) is -21.7. The molecule has 120 valence electrons. The monoisotopic (exact) mass is 390 g/mol. The first-order chi connectivity index (χ1) is 7.41. The van der Waals surface area contributed by atoms with Gasteiger partial charge in [-0.15, -0.1) is 15.5 Å². The molecule has 0 aliphatic carbocycles. The maximum absolute atomic E-state index is 11.2. The molecule has 0 amide bonds. The van der Waals surface area contributed by atoms with E-state index in [-0.39, 0.29) is 43.9 Å². The Morgan fingerprint density at radius 1 is 0.619 bits per heavy atom. The predicted octanol–water partition coefficient (Wildman–Crippen LogP) is -5.94. The predicted molar refractivity (Wildman–Crippen MR) is 53.6 cm³/mol. The molecular weight excluding hydrogens is 386 g/mol. The van der Waals surface area contributed by atoms with Crippen molar-refractivity contribution in [2.45, 2.75) is 0 Å². The molecule has 0 atom stereocenters. The van der Waals surface area contributed by atoms with Crippen LogP contribution < -0.4 is 37.7 Å². The van der Waals surface area contributed by atoms with Crippen LogP contribution in [-0.2, 0) is 41.3 Å². The summed E-state index contributed by atoms with van der Waals surface area (Å²) in [4.78, 5) is 0.